The van der Waals surface area contributed by atoms with E-state index in [-0.39, 0.29) is 0 Å². The predicted octanol–water partition coefficient (Wildman–Crippen LogP) is 2.76. The van der Waals surface area contributed by atoms with Crippen molar-refractivity contribution in [2.24, 2.45) is 5.92 Å². The maximum Gasteiger partial charge on any atom is 0.0954 e. The monoisotopic (exact) mass is 210 g/mol. The second-order valence-electron chi connectivity index (χ2n) is 4.53. The largest absolute Gasteiger partial charge is 0.308 e. The van der Waals surface area contributed by atoms with Crippen molar-refractivity contribution in [2.75, 3.05) is 0 Å². The first-order valence-electron chi connectivity index (χ1n) is 5.34. The average molecular weight is 210 g/mol. The lowest BCUT2D eigenvalue weighted by Crippen LogP contribution is -2.17. The van der Waals surface area contributed by atoms with E-state index in [0.717, 1.165) is 18.5 Å². The first-order chi connectivity index (χ1) is 6.66. The smallest absolute Gasteiger partial charge is 0.0954 e. The van der Waals surface area contributed by atoms with Gasteiger partial charge in [0.15, 0.2) is 0 Å². The Labute approximate surface area is 89.8 Å². The van der Waals surface area contributed by atoms with E-state index in [2.05, 4.69) is 36.5 Å². The number of rotatable bonds is 4. The number of aromatic nitrogens is 1. The van der Waals surface area contributed by atoms with Gasteiger partial charge in [-0.05, 0) is 12.3 Å². The SMILES string of the molecule is CC(C)c1nc(CNC2CC2C)cs1. The van der Waals surface area contributed by atoms with Crippen LogP contribution in [0.2, 0.25) is 0 Å². The second-order valence-corrected chi connectivity index (χ2v) is 5.42. The Morgan fingerprint density at radius 3 is 2.86 bits per heavy atom. The molecule has 0 aliphatic heterocycles. The first-order valence-corrected chi connectivity index (χ1v) is 6.22. The van der Waals surface area contributed by atoms with Crippen LogP contribution in [0.1, 0.15) is 43.8 Å². The lowest BCUT2D eigenvalue weighted by Gasteiger charge is -2.00. The average Bonchev–Trinajstić information content (AvgIpc) is 2.68. The van der Waals surface area contributed by atoms with E-state index in [9.17, 15) is 0 Å². The molecule has 0 amide bonds. The van der Waals surface area contributed by atoms with Gasteiger partial charge in [0.1, 0.15) is 0 Å². The van der Waals surface area contributed by atoms with Crippen molar-refractivity contribution in [1.82, 2.24) is 10.3 Å². The lowest BCUT2D eigenvalue weighted by atomic mass is 10.2. The van der Waals surface area contributed by atoms with Gasteiger partial charge in [-0.3, -0.25) is 0 Å². The van der Waals surface area contributed by atoms with Gasteiger partial charge in [-0.25, -0.2) is 4.98 Å². The van der Waals surface area contributed by atoms with E-state index < -0.39 is 0 Å². The van der Waals surface area contributed by atoms with Gasteiger partial charge in [0.2, 0.25) is 0 Å². The number of hydrogen-bond acceptors (Lipinski definition) is 3. The summed E-state index contributed by atoms with van der Waals surface area (Å²) < 4.78 is 0. The van der Waals surface area contributed by atoms with E-state index in [1.807, 2.05) is 0 Å². The summed E-state index contributed by atoms with van der Waals surface area (Å²) in [6.45, 7) is 7.62. The van der Waals surface area contributed by atoms with Crippen LogP contribution in [0, 0.1) is 5.92 Å². The molecule has 2 rings (SSSR count). The zero-order valence-corrected chi connectivity index (χ0v) is 9.90. The number of hydrogen-bond donors (Lipinski definition) is 1. The lowest BCUT2D eigenvalue weighted by molar-refractivity contribution is 0.642. The van der Waals surface area contributed by atoms with Crippen molar-refractivity contribution >= 4 is 11.3 Å². The van der Waals surface area contributed by atoms with Crippen LogP contribution in [0.25, 0.3) is 0 Å². The van der Waals surface area contributed by atoms with E-state index in [0.29, 0.717) is 5.92 Å². The molecule has 1 aliphatic carbocycles. The fourth-order valence-corrected chi connectivity index (χ4v) is 2.35. The van der Waals surface area contributed by atoms with Crippen LogP contribution in [0.4, 0.5) is 0 Å². The second kappa shape index (κ2) is 3.99. The molecule has 14 heavy (non-hydrogen) atoms. The summed E-state index contributed by atoms with van der Waals surface area (Å²) in [6, 6.07) is 0.749. The third-order valence-corrected chi connectivity index (χ3v) is 3.91. The summed E-state index contributed by atoms with van der Waals surface area (Å²) in [5.74, 6) is 1.44. The Balaban J connectivity index is 1.84. The molecule has 1 fully saturated rings. The van der Waals surface area contributed by atoms with E-state index in [1.165, 1.54) is 17.1 Å². The third-order valence-electron chi connectivity index (χ3n) is 2.72. The molecule has 1 saturated carbocycles. The van der Waals surface area contributed by atoms with Gasteiger partial charge in [0.05, 0.1) is 10.7 Å². The summed E-state index contributed by atoms with van der Waals surface area (Å²) in [5.41, 5.74) is 1.21. The highest BCUT2D eigenvalue weighted by molar-refractivity contribution is 7.09. The molecule has 2 atom stereocenters. The van der Waals surface area contributed by atoms with Gasteiger partial charge in [-0.15, -0.1) is 11.3 Å². The molecular weight excluding hydrogens is 192 g/mol. The molecule has 0 bridgehead atoms. The summed E-state index contributed by atoms with van der Waals surface area (Å²) >= 11 is 1.78. The van der Waals surface area contributed by atoms with Crippen LogP contribution in [-0.2, 0) is 6.54 Å². The van der Waals surface area contributed by atoms with Gasteiger partial charge in [-0.1, -0.05) is 20.8 Å². The van der Waals surface area contributed by atoms with Crippen molar-refractivity contribution < 1.29 is 0 Å². The number of nitrogens with zero attached hydrogens (tertiary/aromatic N) is 1. The molecule has 0 spiro atoms. The third kappa shape index (κ3) is 2.34. The highest BCUT2D eigenvalue weighted by atomic mass is 32.1. The van der Waals surface area contributed by atoms with Crippen molar-refractivity contribution in [2.45, 2.75) is 45.7 Å². The Hall–Kier alpha value is -0.410. The molecule has 0 aromatic carbocycles. The summed E-state index contributed by atoms with van der Waals surface area (Å²) in [6.07, 6.45) is 1.33. The van der Waals surface area contributed by atoms with Gasteiger partial charge in [-0.2, -0.15) is 0 Å². The van der Waals surface area contributed by atoms with Crippen LogP contribution in [0.15, 0.2) is 5.38 Å². The minimum atomic E-state index is 0.564. The van der Waals surface area contributed by atoms with Crippen molar-refractivity contribution in [3.8, 4) is 0 Å². The highest BCUT2D eigenvalue weighted by Gasteiger charge is 2.31. The molecule has 1 aromatic rings. The fraction of sp³-hybridized carbons (Fsp3) is 0.727. The molecule has 1 N–H and O–H groups in total. The minimum absolute atomic E-state index is 0.564. The van der Waals surface area contributed by atoms with Crippen molar-refractivity contribution in [3.63, 3.8) is 0 Å². The highest BCUT2D eigenvalue weighted by Crippen LogP contribution is 2.29. The molecule has 2 nitrogen and oxygen atoms in total. The van der Waals surface area contributed by atoms with Crippen molar-refractivity contribution in [1.29, 1.82) is 0 Å². The Bertz CT molecular complexity index is 306. The van der Waals surface area contributed by atoms with E-state index >= 15 is 0 Å². The van der Waals surface area contributed by atoms with E-state index in [1.54, 1.807) is 11.3 Å². The Morgan fingerprint density at radius 1 is 1.64 bits per heavy atom. The first kappa shape index (κ1) is 10.1. The van der Waals surface area contributed by atoms with Crippen molar-refractivity contribution in [3.05, 3.63) is 16.1 Å². The maximum atomic E-state index is 4.59. The standard InChI is InChI=1S/C11H18N2S/c1-7(2)11-13-9(6-14-11)5-12-10-4-8(10)3/h6-8,10,12H,4-5H2,1-3H3. The zero-order valence-electron chi connectivity index (χ0n) is 9.08. The number of nitrogens with one attached hydrogen (secondary N) is 1. The quantitative estimate of drug-likeness (QED) is 0.826. The Kier molecular flexibility index (Phi) is 2.88. The van der Waals surface area contributed by atoms with E-state index in [4.69, 9.17) is 0 Å². The molecule has 1 aromatic heterocycles. The minimum Gasteiger partial charge on any atom is -0.308 e. The maximum absolute atomic E-state index is 4.59. The fourth-order valence-electron chi connectivity index (χ4n) is 1.51. The zero-order chi connectivity index (χ0) is 10.1. The molecule has 3 heteroatoms. The number of thiazole rings is 1. The molecule has 2 unspecified atom stereocenters. The normalized spacial score (nSPS) is 25.7. The van der Waals surface area contributed by atoms with Crippen LogP contribution >= 0.6 is 11.3 Å². The summed E-state index contributed by atoms with van der Waals surface area (Å²) in [7, 11) is 0. The van der Waals surface area contributed by atoms with Gasteiger partial charge in [0, 0.05) is 23.9 Å². The molecule has 1 heterocycles. The van der Waals surface area contributed by atoms with Crippen LogP contribution in [-0.4, -0.2) is 11.0 Å². The van der Waals surface area contributed by atoms with Crippen LogP contribution in [0.5, 0.6) is 0 Å². The van der Waals surface area contributed by atoms with Crippen LogP contribution < -0.4 is 5.32 Å². The van der Waals surface area contributed by atoms with Gasteiger partial charge < -0.3 is 5.32 Å². The topological polar surface area (TPSA) is 24.9 Å². The molecule has 0 saturated heterocycles. The van der Waals surface area contributed by atoms with Crippen LogP contribution in [0.3, 0.4) is 0 Å². The summed E-state index contributed by atoms with van der Waals surface area (Å²) in [5, 5.41) is 6.95. The predicted molar refractivity (Wildman–Crippen MR) is 60.6 cm³/mol. The molecular formula is C11H18N2S. The van der Waals surface area contributed by atoms with Gasteiger partial charge in [0.25, 0.3) is 0 Å². The summed E-state index contributed by atoms with van der Waals surface area (Å²) in [4.78, 5) is 4.59. The van der Waals surface area contributed by atoms with Gasteiger partial charge >= 0.3 is 0 Å². The Morgan fingerprint density at radius 2 is 2.36 bits per heavy atom. The molecule has 0 radical (unpaired) electrons. The molecule has 78 valence electrons. The molecule has 1 aliphatic rings.